The van der Waals surface area contributed by atoms with Gasteiger partial charge in [0.1, 0.15) is 0 Å². The average molecular weight is 271 g/mol. The van der Waals surface area contributed by atoms with Crippen molar-refractivity contribution in [1.82, 2.24) is 4.98 Å². The summed E-state index contributed by atoms with van der Waals surface area (Å²) in [5.41, 5.74) is 2.57. The highest BCUT2D eigenvalue weighted by atomic mass is 79.9. The molecule has 0 aliphatic heterocycles. The van der Waals surface area contributed by atoms with E-state index in [2.05, 4.69) is 20.9 Å². The van der Waals surface area contributed by atoms with Crippen LogP contribution in [0.2, 0.25) is 5.02 Å². The van der Waals surface area contributed by atoms with Crippen LogP contribution < -0.4 is 0 Å². The predicted octanol–water partition coefficient (Wildman–Crippen LogP) is 4.46. The molecule has 1 aliphatic carbocycles. The van der Waals surface area contributed by atoms with Crippen LogP contribution in [0.3, 0.4) is 0 Å². The predicted molar refractivity (Wildman–Crippen MR) is 63.0 cm³/mol. The standard InChI is InChI=1S/C11H9BrClN/c12-11-10(6-1-2-6)8-5-7(13)3-4-9(8)14-11/h3-6,14H,1-2H2. The van der Waals surface area contributed by atoms with Crippen LogP contribution in [-0.4, -0.2) is 4.98 Å². The van der Waals surface area contributed by atoms with E-state index in [1.807, 2.05) is 18.2 Å². The van der Waals surface area contributed by atoms with Gasteiger partial charge in [0, 0.05) is 15.9 Å². The fourth-order valence-electron chi connectivity index (χ4n) is 1.92. The van der Waals surface area contributed by atoms with E-state index in [-0.39, 0.29) is 0 Å². The second-order valence-electron chi connectivity index (χ2n) is 3.82. The summed E-state index contributed by atoms with van der Waals surface area (Å²) in [6, 6.07) is 6.00. The maximum absolute atomic E-state index is 6.00. The van der Waals surface area contributed by atoms with Gasteiger partial charge < -0.3 is 4.98 Å². The van der Waals surface area contributed by atoms with Gasteiger partial charge in [-0.1, -0.05) is 11.6 Å². The SMILES string of the molecule is Clc1ccc2[nH]c(Br)c(C3CC3)c2c1. The number of hydrogen-bond acceptors (Lipinski definition) is 0. The molecule has 0 radical (unpaired) electrons. The quantitative estimate of drug-likeness (QED) is 0.787. The Hall–Kier alpha value is -0.470. The topological polar surface area (TPSA) is 15.8 Å². The van der Waals surface area contributed by atoms with E-state index in [0.29, 0.717) is 0 Å². The maximum atomic E-state index is 6.00. The minimum Gasteiger partial charge on any atom is -0.349 e. The summed E-state index contributed by atoms with van der Waals surface area (Å²) in [5.74, 6) is 0.733. The molecule has 1 aromatic carbocycles. The summed E-state index contributed by atoms with van der Waals surface area (Å²) < 4.78 is 1.12. The monoisotopic (exact) mass is 269 g/mol. The van der Waals surface area contributed by atoms with Crippen molar-refractivity contribution in [2.45, 2.75) is 18.8 Å². The molecule has 1 N–H and O–H groups in total. The van der Waals surface area contributed by atoms with Crippen LogP contribution in [0.25, 0.3) is 10.9 Å². The van der Waals surface area contributed by atoms with Crippen molar-refractivity contribution in [2.75, 3.05) is 0 Å². The summed E-state index contributed by atoms with van der Waals surface area (Å²) in [7, 11) is 0. The largest absolute Gasteiger partial charge is 0.349 e. The summed E-state index contributed by atoms with van der Waals surface area (Å²) in [6.07, 6.45) is 2.61. The van der Waals surface area contributed by atoms with Crippen molar-refractivity contribution < 1.29 is 0 Å². The number of rotatable bonds is 1. The zero-order valence-corrected chi connectivity index (χ0v) is 9.82. The summed E-state index contributed by atoms with van der Waals surface area (Å²) >= 11 is 9.57. The molecule has 14 heavy (non-hydrogen) atoms. The molecule has 0 spiro atoms. The van der Waals surface area contributed by atoms with E-state index in [4.69, 9.17) is 11.6 Å². The van der Waals surface area contributed by atoms with Crippen LogP contribution in [0.15, 0.2) is 22.8 Å². The highest BCUT2D eigenvalue weighted by molar-refractivity contribution is 9.10. The fourth-order valence-corrected chi connectivity index (χ4v) is 2.85. The zero-order chi connectivity index (χ0) is 9.71. The van der Waals surface area contributed by atoms with E-state index in [0.717, 1.165) is 15.5 Å². The lowest BCUT2D eigenvalue weighted by Crippen LogP contribution is -1.76. The Morgan fingerprint density at radius 1 is 1.36 bits per heavy atom. The number of aromatic amines is 1. The molecule has 0 unspecified atom stereocenters. The Labute approximate surface area is 95.6 Å². The molecule has 1 nitrogen and oxygen atoms in total. The first kappa shape index (κ1) is 8.81. The smallest absolute Gasteiger partial charge is 0.0866 e. The van der Waals surface area contributed by atoms with Gasteiger partial charge in [-0.15, -0.1) is 0 Å². The summed E-state index contributed by atoms with van der Waals surface area (Å²) in [6.45, 7) is 0. The van der Waals surface area contributed by atoms with Gasteiger partial charge in [0.2, 0.25) is 0 Å². The third-order valence-electron chi connectivity index (χ3n) is 2.74. The van der Waals surface area contributed by atoms with E-state index < -0.39 is 0 Å². The molecule has 1 aliphatic rings. The van der Waals surface area contributed by atoms with E-state index in [1.54, 1.807) is 0 Å². The van der Waals surface area contributed by atoms with Gasteiger partial charge in [-0.25, -0.2) is 0 Å². The lowest BCUT2D eigenvalue weighted by Gasteiger charge is -1.96. The molecule has 1 fully saturated rings. The van der Waals surface area contributed by atoms with Gasteiger partial charge >= 0.3 is 0 Å². The molecule has 0 amide bonds. The molecule has 3 heteroatoms. The molecule has 1 aromatic heterocycles. The van der Waals surface area contributed by atoms with Crippen molar-refractivity contribution in [2.24, 2.45) is 0 Å². The Bertz CT molecular complexity index is 499. The van der Waals surface area contributed by atoms with Crippen molar-refractivity contribution in [3.63, 3.8) is 0 Å². The Morgan fingerprint density at radius 3 is 2.86 bits per heavy atom. The maximum Gasteiger partial charge on any atom is 0.0866 e. The van der Waals surface area contributed by atoms with Crippen LogP contribution in [0.1, 0.15) is 24.3 Å². The molecule has 0 saturated heterocycles. The van der Waals surface area contributed by atoms with Gasteiger partial charge in [0.25, 0.3) is 0 Å². The average Bonchev–Trinajstić information content (AvgIpc) is 2.90. The van der Waals surface area contributed by atoms with Crippen molar-refractivity contribution >= 4 is 38.4 Å². The molecule has 1 heterocycles. The highest BCUT2D eigenvalue weighted by Gasteiger charge is 2.28. The molecular formula is C11H9BrClN. The lowest BCUT2D eigenvalue weighted by atomic mass is 10.1. The first-order valence-electron chi connectivity index (χ1n) is 4.72. The molecule has 0 atom stereocenters. The minimum atomic E-state index is 0.733. The van der Waals surface area contributed by atoms with E-state index in [9.17, 15) is 0 Å². The van der Waals surface area contributed by atoms with Gasteiger partial charge in [0.15, 0.2) is 0 Å². The number of aromatic nitrogens is 1. The van der Waals surface area contributed by atoms with Crippen LogP contribution in [-0.2, 0) is 0 Å². The van der Waals surface area contributed by atoms with Crippen LogP contribution in [0.5, 0.6) is 0 Å². The Balaban J connectivity index is 2.34. The van der Waals surface area contributed by atoms with Gasteiger partial charge in [0.05, 0.1) is 4.60 Å². The number of benzene rings is 1. The zero-order valence-electron chi connectivity index (χ0n) is 7.48. The second kappa shape index (κ2) is 3.01. The lowest BCUT2D eigenvalue weighted by molar-refractivity contribution is 1.13. The van der Waals surface area contributed by atoms with Gasteiger partial charge in [-0.3, -0.25) is 0 Å². The first-order valence-corrected chi connectivity index (χ1v) is 5.89. The molecule has 72 valence electrons. The second-order valence-corrected chi connectivity index (χ2v) is 5.05. The number of fused-ring (bicyclic) bond motifs is 1. The fraction of sp³-hybridized carbons (Fsp3) is 0.273. The van der Waals surface area contributed by atoms with Crippen LogP contribution in [0, 0.1) is 0 Å². The third-order valence-corrected chi connectivity index (χ3v) is 3.60. The number of nitrogens with one attached hydrogen (secondary N) is 1. The molecule has 1 saturated carbocycles. The molecule has 3 rings (SSSR count). The number of halogens is 2. The van der Waals surface area contributed by atoms with Crippen LogP contribution >= 0.6 is 27.5 Å². The molecular weight excluding hydrogens is 261 g/mol. The normalized spacial score (nSPS) is 16.4. The third kappa shape index (κ3) is 1.29. The summed E-state index contributed by atoms with van der Waals surface area (Å²) in [4.78, 5) is 3.33. The van der Waals surface area contributed by atoms with Crippen LogP contribution in [0.4, 0.5) is 0 Å². The number of H-pyrrole nitrogens is 1. The first-order chi connectivity index (χ1) is 6.75. The molecule has 2 aromatic rings. The van der Waals surface area contributed by atoms with Crippen molar-refractivity contribution in [1.29, 1.82) is 0 Å². The summed E-state index contributed by atoms with van der Waals surface area (Å²) in [5, 5.41) is 2.08. The Morgan fingerprint density at radius 2 is 2.14 bits per heavy atom. The van der Waals surface area contributed by atoms with Crippen molar-refractivity contribution in [3.05, 3.63) is 33.4 Å². The van der Waals surface area contributed by atoms with Gasteiger partial charge in [-0.2, -0.15) is 0 Å². The van der Waals surface area contributed by atoms with E-state index in [1.165, 1.54) is 29.3 Å². The number of hydrogen-bond donors (Lipinski definition) is 1. The van der Waals surface area contributed by atoms with E-state index >= 15 is 0 Å². The van der Waals surface area contributed by atoms with Gasteiger partial charge in [-0.05, 0) is 58.5 Å². The Kier molecular flexibility index (Phi) is 1.89. The van der Waals surface area contributed by atoms with Crippen molar-refractivity contribution in [3.8, 4) is 0 Å². The molecule has 0 bridgehead atoms. The highest BCUT2D eigenvalue weighted by Crippen LogP contribution is 2.46. The minimum absolute atomic E-state index is 0.733.